The SMILES string of the molecule is Brc1ccoc1CN1CC2CNCC2C1. The smallest absolute Gasteiger partial charge is 0.131 e. The van der Waals surface area contributed by atoms with Crippen LogP contribution in [0.4, 0.5) is 0 Å². The molecule has 3 heterocycles. The first kappa shape index (κ1) is 9.87. The number of nitrogens with zero attached hydrogens (tertiary/aromatic N) is 1. The summed E-state index contributed by atoms with van der Waals surface area (Å²) in [6, 6.07) is 1.97. The van der Waals surface area contributed by atoms with Crippen LogP contribution in [0.3, 0.4) is 0 Å². The zero-order valence-electron chi connectivity index (χ0n) is 8.58. The molecule has 2 aliphatic heterocycles. The van der Waals surface area contributed by atoms with Gasteiger partial charge in [0.1, 0.15) is 5.76 Å². The van der Waals surface area contributed by atoms with Gasteiger partial charge in [-0.15, -0.1) is 0 Å². The highest BCUT2D eigenvalue weighted by atomic mass is 79.9. The predicted molar refractivity (Wildman–Crippen MR) is 61.5 cm³/mol. The van der Waals surface area contributed by atoms with Crippen molar-refractivity contribution < 1.29 is 4.42 Å². The van der Waals surface area contributed by atoms with Gasteiger partial charge in [0, 0.05) is 13.1 Å². The predicted octanol–water partition coefficient (Wildman–Crippen LogP) is 1.69. The first-order chi connectivity index (χ1) is 7.33. The first-order valence-electron chi connectivity index (χ1n) is 5.48. The number of rotatable bonds is 2. The lowest BCUT2D eigenvalue weighted by molar-refractivity contribution is 0.277. The van der Waals surface area contributed by atoms with Gasteiger partial charge in [0.25, 0.3) is 0 Å². The molecule has 3 rings (SSSR count). The van der Waals surface area contributed by atoms with Gasteiger partial charge in [0.05, 0.1) is 17.3 Å². The fraction of sp³-hybridized carbons (Fsp3) is 0.636. The van der Waals surface area contributed by atoms with E-state index in [0.29, 0.717) is 0 Å². The molecule has 0 saturated carbocycles. The van der Waals surface area contributed by atoms with Gasteiger partial charge in [-0.1, -0.05) is 0 Å². The van der Waals surface area contributed by atoms with Crippen molar-refractivity contribution in [3.8, 4) is 0 Å². The minimum atomic E-state index is 0.860. The summed E-state index contributed by atoms with van der Waals surface area (Å²) in [5.74, 6) is 2.78. The van der Waals surface area contributed by atoms with Crippen LogP contribution in [0.5, 0.6) is 0 Å². The minimum Gasteiger partial charge on any atom is -0.467 e. The Labute approximate surface area is 97.9 Å². The highest BCUT2D eigenvalue weighted by Gasteiger charge is 2.36. The van der Waals surface area contributed by atoms with E-state index in [0.717, 1.165) is 28.6 Å². The van der Waals surface area contributed by atoms with Crippen LogP contribution in [-0.2, 0) is 6.54 Å². The van der Waals surface area contributed by atoms with E-state index >= 15 is 0 Å². The van der Waals surface area contributed by atoms with Gasteiger partial charge in [-0.3, -0.25) is 4.90 Å². The summed E-state index contributed by atoms with van der Waals surface area (Å²) in [5.41, 5.74) is 0. The van der Waals surface area contributed by atoms with Crippen LogP contribution < -0.4 is 5.32 Å². The molecule has 15 heavy (non-hydrogen) atoms. The maximum atomic E-state index is 5.44. The number of hydrogen-bond acceptors (Lipinski definition) is 3. The van der Waals surface area contributed by atoms with Crippen LogP contribution in [0.2, 0.25) is 0 Å². The van der Waals surface area contributed by atoms with Gasteiger partial charge in [-0.25, -0.2) is 0 Å². The second-order valence-electron chi connectivity index (χ2n) is 4.56. The zero-order valence-corrected chi connectivity index (χ0v) is 10.2. The summed E-state index contributed by atoms with van der Waals surface area (Å²) >= 11 is 3.50. The van der Waals surface area contributed by atoms with E-state index in [4.69, 9.17) is 4.42 Å². The molecule has 2 unspecified atom stereocenters. The molecule has 82 valence electrons. The van der Waals surface area contributed by atoms with Crippen LogP contribution in [-0.4, -0.2) is 31.1 Å². The number of fused-ring (bicyclic) bond motifs is 1. The number of hydrogen-bond donors (Lipinski definition) is 1. The highest BCUT2D eigenvalue weighted by molar-refractivity contribution is 9.10. The van der Waals surface area contributed by atoms with Gasteiger partial charge in [0.2, 0.25) is 0 Å². The van der Waals surface area contributed by atoms with Gasteiger partial charge in [0.15, 0.2) is 0 Å². The molecule has 2 aliphatic rings. The van der Waals surface area contributed by atoms with E-state index in [1.165, 1.54) is 26.2 Å². The van der Waals surface area contributed by atoms with Crippen LogP contribution in [0.15, 0.2) is 21.2 Å². The third-order valence-corrected chi connectivity index (χ3v) is 4.23. The number of halogens is 1. The van der Waals surface area contributed by atoms with Gasteiger partial charge in [-0.2, -0.15) is 0 Å². The van der Waals surface area contributed by atoms with Gasteiger partial charge < -0.3 is 9.73 Å². The molecule has 1 N–H and O–H groups in total. The lowest BCUT2D eigenvalue weighted by Crippen LogP contribution is -2.25. The Hall–Kier alpha value is -0.320. The molecule has 0 bridgehead atoms. The fourth-order valence-corrected chi connectivity index (χ4v) is 3.05. The van der Waals surface area contributed by atoms with Crippen molar-refractivity contribution in [3.05, 3.63) is 22.6 Å². The summed E-state index contributed by atoms with van der Waals surface area (Å²) in [4.78, 5) is 2.50. The molecular formula is C11H15BrN2O. The minimum absolute atomic E-state index is 0.860. The average Bonchev–Trinajstić information content (AvgIpc) is 2.83. The molecular weight excluding hydrogens is 256 g/mol. The molecule has 0 aliphatic carbocycles. The molecule has 0 spiro atoms. The third-order valence-electron chi connectivity index (χ3n) is 3.52. The van der Waals surface area contributed by atoms with Gasteiger partial charge >= 0.3 is 0 Å². The number of likely N-dealkylation sites (tertiary alicyclic amines) is 1. The zero-order chi connectivity index (χ0) is 10.3. The second kappa shape index (κ2) is 3.92. The number of nitrogens with one attached hydrogen (secondary N) is 1. The van der Waals surface area contributed by atoms with E-state index in [1.807, 2.05) is 6.07 Å². The van der Waals surface area contributed by atoms with Crippen molar-refractivity contribution in [3.63, 3.8) is 0 Å². The van der Waals surface area contributed by atoms with Crippen LogP contribution in [0.1, 0.15) is 5.76 Å². The molecule has 2 atom stereocenters. The first-order valence-corrected chi connectivity index (χ1v) is 6.27. The van der Waals surface area contributed by atoms with Crippen molar-refractivity contribution >= 4 is 15.9 Å². The molecule has 3 nitrogen and oxygen atoms in total. The molecule has 1 aromatic rings. The third kappa shape index (κ3) is 1.86. The Morgan fingerprint density at radius 3 is 2.73 bits per heavy atom. The van der Waals surface area contributed by atoms with Crippen molar-refractivity contribution in [2.75, 3.05) is 26.2 Å². The van der Waals surface area contributed by atoms with Crippen LogP contribution >= 0.6 is 15.9 Å². The Morgan fingerprint density at radius 2 is 2.13 bits per heavy atom. The molecule has 2 saturated heterocycles. The van der Waals surface area contributed by atoms with E-state index in [9.17, 15) is 0 Å². The summed E-state index contributed by atoms with van der Waals surface area (Å²) in [6.07, 6.45) is 1.75. The van der Waals surface area contributed by atoms with E-state index in [1.54, 1.807) is 6.26 Å². The Balaban J connectivity index is 1.64. The molecule has 1 aromatic heterocycles. The van der Waals surface area contributed by atoms with E-state index < -0.39 is 0 Å². The monoisotopic (exact) mass is 270 g/mol. The molecule has 0 radical (unpaired) electrons. The Morgan fingerprint density at radius 1 is 1.40 bits per heavy atom. The maximum absolute atomic E-state index is 5.44. The summed E-state index contributed by atoms with van der Waals surface area (Å²) in [5, 5.41) is 3.46. The number of furan rings is 1. The van der Waals surface area contributed by atoms with Crippen LogP contribution in [0.25, 0.3) is 0 Å². The fourth-order valence-electron chi connectivity index (χ4n) is 2.72. The largest absolute Gasteiger partial charge is 0.467 e. The lowest BCUT2D eigenvalue weighted by Gasteiger charge is -2.15. The second-order valence-corrected chi connectivity index (χ2v) is 5.42. The maximum Gasteiger partial charge on any atom is 0.131 e. The topological polar surface area (TPSA) is 28.4 Å². The summed E-state index contributed by atoms with van der Waals surface area (Å²) < 4.78 is 6.54. The normalized spacial score (nSPS) is 31.0. The summed E-state index contributed by atoms with van der Waals surface area (Å²) in [6.45, 7) is 5.76. The van der Waals surface area contributed by atoms with Crippen molar-refractivity contribution in [2.45, 2.75) is 6.54 Å². The van der Waals surface area contributed by atoms with Gasteiger partial charge in [-0.05, 0) is 46.9 Å². The Bertz CT molecular complexity index is 340. The standard InChI is InChI=1S/C11H15BrN2O/c12-10-1-2-15-11(10)7-14-5-8-3-13-4-9(8)6-14/h1-2,8-9,13H,3-7H2. The average molecular weight is 271 g/mol. The van der Waals surface area contributed by atoms with E-state index in [2.05, 4.69) is 26.1 Å². The van der Waals surface area contributed by atoms with Crippen LogP contribution in [0, 0.1) is 11.8 Å². The van der Waals surface area contributed by atoms with Crippen molar-refractivity contribution in [2.24, 2.45) is 11.8 Å². The highest BCUT2D eigenvalue weighted by Crippen LogP contribution is 2.29. The molecule has 0 aromatic carbocycles. The molecule has 0 amide bonds. The molecule has 2 fully saturated rings. The van der Waals surface area contributed by atoms with Crippen molar-refractivity contribution in [1.82, 2.24) is 10.2 Å². The van der Waals surface area contributed by atoms with E-state index in [-0.39, 0.29) is 0 Å². The Kier molecular flexibility index (Phi) is 2.58. The lowest BCUT2D eigenvalue weighted by atomic mass is 10.0. The van der Waals surface area contributed by atoms with Crippen molar-refractivity contribution in [1.29, 1.82) is 0 Å². The quantitative estimate of drug-likeness (QED) is 0.887. The summed E-state index contributed by atoms with van der Waals surface area (Å²) in [7, 11) is 0. The molecule has 4 heteroatoms.